The van der Waals surface area contributed by atoms with Crippen molar-refractivity contribution in [2.45, 2.75) is 51.2 Å². The molecule has 0 aliphatic heterocycles. The maximum atomic E-state index is 11.9. The van der Waals surface area contributed by atoms with Crippen LogP contribution >= 0.6 is 0 Å². The van der Waals surface area contributed by atoms with Crippen LogP contribution in [0.3, 0.4) is 0 Å². The third kappa shape index (κ3) is 4.18. The standard InChI is InChI=1S/C12H22N2O4/c1-2-14(9-5-3-4-6-9)12(18)13-8-7-10(15)11(16)17/h9-10,15H,2-8H2,1H3,(H,13,18)(H,16,17)/t10-/m0/s1. The Bertz CT molecular complexity index is 290. The van der Waals surface area contributed by atoms with Gasteiger partial charge in [-0.1, -0.05) is 12.8 Å². The van der Waals surface area contributed by atoms with E-state index in [1.165, 1.54) is 0 Å². The van der Waals surface area contributed by atoms with E-state index in [0.717, 1.165) is 25.7 Å². The van der Waals surface area contributed by atoms with E-state index in [0.29, 0.717) is 12.6 Å². The summed E-state index contributed by atoms with van der Waals surface area (Å²) in [7, 11) is 0. The molecular weight excluding hydrogens is 236 g/mol. The second kappa shape index (κ2) is 7.20. The molecule has 104 valence electrons. The van der Waals surface area contributed by atoms with Crippen LogP contribution in [0.4, 0.5) is 4.79 Å². The van der Waals surface area contributed by atoms with Gasteiger partial charge in [-0.15, -0.1) is 0 Å². The molecule has 1 fully saturated rings. The highest BCUT2D eigenvalue weighted by molar-refractivity contribution is 5.75. The largest absolute Gasteiger partial charge is 0.479 e. The first-order valence-electron chi connectivity index (χ1n) is 6.51. The van der Waals surface area contributed by atoms with Crippen LogP contribution in [-0.4, -0.2) is 52.3 Å². The molecule has 1 atom stereocenters. The third-order valence-electron chi connectivity index (χ3n) is 3.35. The lowest BCUT2D eigenvalue weighted by atomic mass is 10.2. The average Bonchev–Trinajstić information content (AvgIpc) is 2.83. The number of carbonyl (C=O) groups is 2. The maximum Gasteiger partial charge on any atom is 0.332 e. The number of rotatable bonds is 6. The summed E-state index contributed by atoms with van der Waals surface area (Å²) in [5, 5.41) is 20.2. The van der Waals surface area contributed by atoms with Crippen molar-refractivity contribution in [1.82, 2.24) is 10.2 Å². The number of hydrogen-bond donors (Lipinski definition) is 3. The van der Waals surface area contributed by atoms with E-state index in [-0.39, 0.29) is 19.0 Å². The van der Waals surface area contributed by atoms with Gasteiger partial charge in [-0.25, -0.2) is 9.59 Å². The van der Waals surface area contributed by atoms with Crippen molar-refractivity contribution in [3.05, 3.63) is 0 Å². The second-order valence-corrected chi connectivity index (χ2v) is 4.60. The number of hydrogen-bond acceptors (Lipinski definition) is 3. The highest BCUT2D eigenvalue weighted by Crippen LogP contribution is 2.23. The summed E-state index contributed by atoms with van der Waals surface area (Å²) < 4.78 is 0. The number of carboxylic acids is 1. The summed E-state index contributed by atoms with van der Waals surface area (Å²) in [5.74, 6) is -1.26. The highest BCUT2D eigenvalue weighted by Gasteiger charge is 2.25. The maximum absolute atomic E-state index is 11.9. The number of carboxylic acid groups (broad SMARTS) is 1. The Morgan fingerprint density at radius 1 is 1.39 bits per heavy atom. The molecule has 0 spiro atoms. The van der Waals surface area contributed by atoms with Crippen molar-refractivity contribution in [3.63, 3.8) is 0 Å². The molecule has 0 radical (unpaired) electrons. The Morgan fingerprint density at radius 3 is 2.50 bits per heavy atom. The van der Waals surface area contributed by atoms with E-state index < -0.39 is 12.1 Å². The number of aliphatic hydroxyl groups excluding tert-OH is 1. The van der Waals surface area contributed by atoms with Crippen LogP contribution in [0.25, 0.3) is 0 Å². The Morgan fingerprint density at radius 2 is 2.00 bits per heavy atom. The minimum Gasteiger partial charge on any atom is -0.479 e. The monoisotopic (exact) mass is 258 g/mol. The predicted molar refractivity (Wildman–Crippen MR) is 66.3 cm³/mol. The van der Waals surface area contributed by atoms with Gasteiger partial charge in [0.05, 0.1) is 0 Å². The number of amides is 2. The smallest absolute Gasteiger partial charge is 0.332 e. The van der Waals surface area contributed by atoms with Crippen molar-refractivity contribution >= 4 is 12.0 Å². The summed E-state index contributed by atoms with van der Waals surface area (Å²) in [6.07, 6.45) is 3.02. The number of carbonyl (C=O) groups excluding carboxylic acids is 1. The molecule has 0 heterocycles. The molecule has 0 unspecified atom stereocenters. The summed E-state index contributed by atoms with van der Waals surface area (Å²) in [6.45, 7) is 2.76. The topological polar surface area (TPSA) is 89.9 Å². The van der Waals surface area contributed by atoms with Crippen molar-refractivity contribution in [3.8, 4) is 0 Å². The fraction of sp³-hybridized carbons (Fsp3) is 0.833. The predicted octanol–water partition coefficient (Wildman–Crippen LogP) is 0.796. The first-order valence-corrected chi connectivity index (χ1v) is 6.51. The van der Waals surface area contributed by atoms with Gasteiger partial charge in [0.25, 0.3) is 0 Å². The second-order valence-electron chi connectivity index (χ2n) is 4.60. The Balaban J connectivity index is 2.31. The van der Waals surface area contributed by atoms with E-state index in [4.69, 9.17) is 10.2 Å². The number of aliphatic carboxylic acids is 1. The van der Waals surface area contributed by atoms with E-state index in [2.05, 4.69) is 5.32 Å². The van der Waals surface area contributed by atoms with Gasteiger partial charge in [-0.3, -0.25) is 0 Å². The van der Waals surface area contributed by atoms with Crippen LogP contribution in [0.1, 0.15) is 39.0 Å². The molecule has 6 nitrogen and oxygen atoms in total. The van der Waals surface area contributed by atoms with Gasteiger partial charge in [0.2, 0.25) is 0 Å². The number of urea groups is 1. The molecule has 0 aromatic carbocycles. The number of aliphatic hydroxyl groups is 1. The van der Waals surface area contributed by atoms with Gasteiger partial charge < -0.3 is 20.4 Å². The average molecular weight is 258 g/mol. The molecule has 0 aromatic heterocycles. The normalized spacial score (nSPS) is 17.4. The van der Waals surface area contributed by atoms with Crippen molar-refractivity contribution in [2.24, 2.45) is 0 Å². The highest BCUT2D eigenvalue weighted by atomic mass is 16.4. The van der Waals surface area contributed by atoms with E-state index in [1.54, 1.807) is 4.90 Å². The molecule has 1 saturated carbocycles. The zero-order valence-corrected chi connectivity index (χ0v) is 10.8. The van der Waals surface area contributed by atoms with Crippen LogP contribution in [0, 0.1) is 0 Å². The van der Waals surface area contributed by atoms with Crippen LogP contribution in [0.15, 0.2) is 0 Å². The van der Waals surface area contributed by atoms with Crippen molar-refractivity contribution in [2.75, 3.05) is 13.1 Å². The minimum absolute atomic E-state index is 0.0310. The first-order chi connectivity index (χ1) is 8.56. The van der Waals surface area contributed by atoms with E-state index in [9.17, 15) is 9.59 Å². The fourth-order valence-corrected chi connectivity index (χ4v) is 2.32. The molecule has 6 heteroatoms. The van der Waals surface area contributed by atoms with Crippen molar-refractivity contribution < 1.29 is 19.8 Å². The number of nitrogens with one attached hydrogen (secondary N) is 1. The third-order valence-corrected chi connectivity index (χ3v) is 3.35. The summed E-state index contributed by atoms with van der Waals surface area (Å²) in [4.78, 5) is 24.1. The first kappa shape index (κ1) is 14.8. The van der Waals surface area contributed by atoms with Crippen LogP contribution in [0.2, 0.25) is 0 Å². The fourth-order valence-electron chi connectivity index (χ4n) is 2.32. The van der Waals surface area contributed by atoms with Crippen molar-refractivity contribution in [1.29, 1.82) is 0 Å². The zero-order valence-electron chi connectivity index (χ0n) is 10.8. The molecule has 0 saturated heterocycles. The molecule has 2 amide bonds. The summed E-state index contributed by atoms with van der Waals surface area (Å²) >= 11 is 0. The molecule has 18 heavy (non-hydrogen) atoms. The Kier molecular flexibility index (Phi) is 5.91. The van der Waals surface area contributed by atoms with Gasteiger partial charge in [-0.2, -0.15) is 0 Å². The SMILES string of the molecule is CCN(C(=O)NCC[C@H](O)C(=O)O)C1CCCC1. The van der Waals surface area contributed by atoms with Gasteiger partial charge in [-0.05, 0) is 19.8 Å². The number of nitrogens with zero attached hydrogens (tertiary/aromatic N) is 1. The van der Waals surface area contributed by atoms with Crippen LogP contribution < -0.4 is 5.32 Å². The van der Waals surface area contributed by atoms with Gasteiger partial charge in [0.1, 0.15) is 0 Å². The van der Waals surface area contributed by atoms with Crippen LogP contribution in [-0.2, 0) is 4.79 Å². The lowest BCUT2D eigenvalue weighted by Crippen LogP contribution is -2.45. The van der Waals surface area contributed by atoms with Gasteiger partial charge in [0, 0.05) is 25.6 Å². The zero-order chi connectivity index (χ0) is 13.5. The molecule has 1 aliphatic rings. The Labute approximate surface area is 107 Å². The van der Waals surface area contributed by atoms with Gasteiger partial charge in [0.15, 0.2) is 6.10 Å². The molecular formula is C12H22N2O4. The van der Waals surface area contributed by atoms with Crippen LogP contribution in [0.5, 0.6) is 0 Å². The lowest BCUT2D eigenvalue weighted by molar-refractivity contribution is -0.146. The molecule has 1 aliphatic carbocycles. The molecule has 0 bridgehead atoms. The summed E-state index contributed by atoms with van der Waals surface area (Å²) in [5.41, 5.74) is 0. The van der Waals surface area contributed by atoms with E-state index >= 15 is 0 Å². The quantitative estimate of drug-likeness (QED) is 0.657. The van der Waals surface area contributed by atoms with Gasteiger partial charge >= 0.3 is 12.0 Å². The lowest BCUT2D eigenvalue weighted by Gasteiger charge is -2.27. The molecule has 1 rings (SSSR count). The molecule has 3 N–H and O–H groups in total. The minimum atomic E-state index is -1.41. The van der Waals surface area contributed by atoms with E-state index in [1.807, 2.05) is 6.92 Å². The Hall–Kier alpha value is -1.30. The summed E-state index contributed by atoms with van der Waals surface area (Å²) in [6, 6.07) is 0.140. The molecule has 0 aromatic rings.